The molecule has 0 N–H and O–H groups in total. The first kappa shape index (κ1) is 11.7. The van der Waals surface area contributed by atoms with Gasteiger partial charge in [-0.05, 0) is 12.1 Å². The van der Waals surface area contributed by atoms with E-state index in [0.717, 1.165) is 12.1 Å². The Balaban J connectivity index is 2.38. The Morgan fingerprint density at radius 3 is 2.38 bits per heavy atom. The van der Waals surface area contributed by atoms with Crippen molar-refractivity contribution < 1.29 is 22.3 Å². The van der Waals surface area contributed by atoms with Gasteiger partial charge >= 0.3 is 6.18 Å². The first-order valence-corrected chi connectivity index (χ1v) is 5.00. The van der Waals surface area contributed by atoms with E-state index >= 15 is 0 Å². The molecule has 6 heteroatoms. The first-order chi connectivity index (χ1) is 7.39. The highest BCUT2D eigenvalue weighted by molar-refractivity contribution is 6.18. The summed E-state index contributed by atoms with van der Waals surface area (Å²) in [4.78, 5) is 0. The van der Waals surface area contributed by atoms with Gasteiger partial charge in [-0.25, -0.2) is 4.39 Å². The van der Waals surface area contributed by atoms with Gasteiger partial charge in [0.1, 0.15) is 11.4 Å². The van der Waals surface area contributed by atoms with Gasteiger partial charge < -0.3 is 4.74 Å². The van der Waals surface area contributed by atoms with Crippen LogP contribution in [0.3, 0.4) is 0 Å². The van der Waals surface area contributed by atoms with Crippen LogP contribution in [0.25, 0.3) is 0 Å². The molecule has 0 saturated carbocycles. The predicted octanol–water partition coefficient (Wildman–Crippen LogP) is 3.31. The molecule has 1 aliphatic heterocycles. The summed E-state index contributed by atoms with van der Waals surface area (Å²) in [6.07, 6.45) is -4.54. The summed E-state index contributed by atoms with van der Waals surface area (Å²) in [5, 5.41) is 0. The van der Waals surface area contributed by atoms with Gasteiger partial charge in [0.05, 0.1) is 18.1 Å². The van der Waals surface area contributed by atoms with Crippen LogP contribution in [0.4, 0.5) is 17.6 Å². The van der Waals surface area contributed by atoms with E-state index in [4.69, 9.17) is 16.3 Å². The molecule has 1 aromatic rings. The zero-order valence-corrected chi connectivity index (χ0v) is 8.70. The van der Waals surface area contributed by atoms with Crippen molar-refractivity contribution in [2.75, 3.05) is 12.5 Å². The standard InChI is InChI=1S/C10H7ClF4O/c11-4-9(5-16-9)7-2-1-6(3-8(7)12)10(13,14)15/h1-3H,4-5H2. The maximum absolute atomic E-state index is 13.5. The van der Waals surface area contributed by atoms with Crippen LogP contribution < -0.4 is 0 Å². The fourth-order valence-electron chi connectivity index (χ4n) is 1.45. The van der Waals surface area contributed by atoms with Crippen molar-refractivity contribution >= 4 is 11.6 Å². The van der Waals surface area contributed by atoms with E-state index in [1.807, 2.05) is 0 Å². The Hall–Kier alpha value is -0.810. The van der Waals surface area contributed by atoms with Crippen LogP contribution in [0, 0.1) is 5.82 Å². The van der Waals surface area contributed by atoms with E-state index in [-0.39, 0.29) is 18.1 Å². The largest absolute Gasteiger partial charge is 0.416 e. The lowest BCUT2D eigenvalue weighted by Gasteiger charge is -2.12. The quantitative estimate of drug-likeness (QED) is 0.448. The summed E-state index contributed by atoms with van der Waals surface area (Å²) in [6.45, 7) is 0.235. The Kier molecular flexibility index (Phi) is 2.62. The molecule has 1 fully saturated rings. The molecule has 1 nitrogen and oxygen atoms in total. The Morgan fingerprint density at radius 2 is 2.00 bits per heavy atom. The van der Waals surface area contributed by atoms with Crippen LogP contribution in [-0.4, -0.2) is 12.5 Å². The molecule has 1 aliphatic rings. The molecular formula is C10H7ClF4O. The van der Waals surface area contributed by atoms with E-state index in [1.165, 1.54) is 0 Å². The fraction of sp³-hybridized carbons (Fsp3) is 0.400. The van der Waals surface area contributed by atoms with Crippen LogP contribution in [0.2, 0.25) is 0 Å². The molecule has 0 aromatic heterocycles. The smallest absolute Gasteiger partial charge is 0.363 e. The minimum Gasteiger partial charge on any atom is -0.363 e. The van der Waals surface area contributed by atoms with Crippen molar-refractivity contribution in [3.63, 3.8) is 0 Å². The molecule has 0 amide bonds. The van der Waals surface area contributed by atoms with Crippen molar-refractivity contribution in [3.05, 3.63) is 35.1 Å². The van der Waals surface area contributed by atoms with E-state index < -0.39 is 23.2 Å². The average molecular weight is 255 g/mol. The normalized spacial score (nSPS) is 24.6. The summed E-state index contributed by atoms with van der Waals surface area (Å²) < 4.78 is 55.3. The molecule has 1 atom stereocenters. The Morgan fingerprint density at radius 1 is 1.38 bits per heavy atom. The Bertz CT molecular complexity index is 412. The first-order valence-electron chi connectivity index (χ1n) is 4.46. The van der Waals surface area contributed by atoms with Gasteiger partial charge in [0.2, 0.25) is 0 Å². The summed E-state index contributed by atoms with van der Waals surface area (Å²) in [6, 6.07) is 2.37. The number of hydrogen-bond donors (Lipinski definition) is 0. The average Bonchev–Trinajstić information content (AvgIpc) is 2.97. The van der Waals surface area contributed by atoms with E-state index in [0.29, 0.717) is 6.07 Å². The van der Waals surface area contributed by atoms with Crippen molar-refractivity contribution in [1.82, 2.24) is 0 Å². The van der Waals surface area contributed by atoms with Crippen LogP contribution >= 0.6 is 11.6 Å². The van der Waals surface area contributed by atoms with E-state index in [9.17, 15) is 17.6 Å². The number of halogens is 5. The summed E-state index contributed by atoms with van der Waals surface area (Å²) in [5.74, 6) is -0.914. The number of epoxide rings is 1. The summed E-state index contributed by atoms with van der Waals surface area (Å²) in [7, 11) is 0. The maximum atomic E-state index is 13.5. The third-order valence-electron chi connectivity index (χ3n) is 2.50. The zero-order valence-electron chi connectivity index (χ0n) is 7.94. The van der Waals surface area contributed by atoms with Crippen molar-refractivity contribution in [2.45, 2.75) is 11.8 Å². The SMILES string of the molecule is Fc1cc(C(F)(F)F)ccc1C1(CCl)CO1. The molecule has 0 spiro atoms. The monoisotopic (exact) mass is 254 g/mol. The summed E-state index contributed by atoms with van der Waals surface area (Å²) >= 11 is 5.58. The molecule has 1 heterocycles. The third-order valence-corrected chi connectivity index (χ3v) is 2.93. The molecule has 2 rings (SSSR count). The highest BCUT2D eigenvalue weighted by atomic mass is 35.5. The lowest BCUT2D eigenvalue weighted by atomic mass is 9.99. The highest BCUT2D eigenvalue weighted by Crippen LogP contribution is 2.42. The van der Waals surface area contributed by atoms with Crippen LogP contribution in [0.1, 0.15) is 11.1 Å². The van der Waals surface area contributed by atoms with Crippen molar-refractivity contribution in [3.8, 4) is 0 Å². The topological polar surface area (TPSA) is 12.5 Å². The maximum Gasteiger partial charge on any atom is 0.416 e. The van der Waals surface area contributed by atoms with Gasteiger partial charge in [-0.2, -0.15) is 13.2 Å². The number of ether oxygens (including phenoxy) is 1. The number of hydrogen-bond acceptors (Lipinski definition) is 1. The van der Waals surface area contributed by atoms with Gasteiger partial charge in [0, 0.05) is 5.56 Å². The second-order valence-corrected chi connectivity index (χ2v) is 3.88. The van der Waals surface area contributed by atoms with Crippen LogP contribution in [-0.2, 0) is 16.5 Å². The summed E-state index contributed by atoms with van der Waals surface area (Å²) in [5.41, 5.74) is -1.87. The Labute approximate surface area is 94.0 Å². The number of benzene rings is 1. The lowest BCUT2D eigenvalue weighted by molar-refractivity contribution is -0.137. The second-order valence-electron chi connectivity index (χ2n) is 3.61. The van der Waals surface area contributed by atoms with Gasteiger partial charge in [0.25, 0.3) is 0 Å². The molecule has 0 aliphatic carbocycles. The van der Waals surface area contributed by atoms with Crippen molar-refractivity contribution in [1.29, 1.82) is 0 Å². The minimum atomic E-state index is -4.54. The minimum absolute atomic E-state index is 0.0231. The van der Waals surface area contributed by atoms with Crippen LogP contribution in [0.5, 0.6) is 0 Å². The van der Waals surface area contributed by atoms with Gasteiger partial charge in [-0.1, -0.05) is 6.07 Å². The molecule has 0 radical (unpaired) electrons. The van der Waals surface area contributed by atoms with Gasteiger partial charge in [-0.3, -0.25) is 0 Å². The molecule has 1 saturated heterocycles. The number of alkyl halides is 4. The fourth-order valence-corrected chi connectivity index (χ4v) is 1.75. The number of rotatable bonds is 2. The molecule has 1 unspecified atom stereocenters. The molecule has 16 heavy (non-hydrogen) atoms. The van der Waals surface area contributed by atoms with Gasteiger partial charge in [-0.15, -0.1) is 11.6 Å². The molecule has 1 aromatic carbocycles. The highest BCUT2D eigenvalue weighted by Gasteiger charge is 2.48. The van der Waals surface area contributed by atoms with E-state index in [1.54, 1.807) is 0 Å². The molecule has 88 valence electrons. The van der Waals surface area contributed by atoms with Crippen LogP contribution in [0.15, 0.2) is 18.2 Å². The molecule has 0 bridgehead atoms. The molecular weight excluding hydrogens is 248 g/mol. The van der Waals surface area contributed by atoms with E-state index in [2.05, 4.69) is 0 Å². The zero-order chi connectivity index (χ0) is 12.0. The lowest BCUT2D eigenvalue weighted by Crippen LogP contribution is -2.14. The third kappa shape index (κ3) is 1.89. The second kappa shape index (κ2) is 3.60. The van der Waals surface area contributed by atoms with Crippen molar-refractivity contribution in [2.24, 2.45) is 0 Å². The van der Waals surface area contributed by atoms with Gasteiger partial charge in [0.15, 0.2) is 0 Å². The predicted molar refractivity (Wildman–Crippen MR) is 49.8 cm³/mol.